The molecule has 1 saturated heterocycles. The van der Waals surface area contributed by atoms with E-state index < -0.39 is 5.54 Å². The van der Waals surface area contributed by atoms with Gasteiger partial charge in [0.1, 0.15) is 0 Å². The van der Waals surface area contributed by atoms with Crippen molar-refractivity contribution in [3.8, 4) is 0 Å². The zero-order valence-electron chi connectivity index (χ0n) is 11.5. The maximum absolute atomic E-state index is 11.6. The van der Waals surface area contributed by atoms with Gasteiger partial charge in [-0.15, -0.1) is 0 Å². The summed E-state index contributed by atoms with van der Waals surface area (Å²) in [5, 5.41) is 0. The van der Waals surface area contributed by atoms with Crippen LogP contribution in [-0.2, 0) is 9.53 Å². The molecule has 2 aliphatic carbocycles. The molecule has 3 rings (SSSR count). The minimum atomic E-state index is -0.796. The number of fused-ring (bicyclic) bond motifs is 1. The SMILES string of the molecule is NC(=O)C1(N)CCCC(N2CCOC3CCCC32)C1. The van der Waals surface area contributed by atoms with Crippen LogP contribution < -0.4 is 11.5 Å². The molecular formula is C14H25N3O2. The summed E-state index contributed by atoms with van der Waals surface area (Å²) in [4.78, 5) is 14.1. The average Bonchev–Trinajstić information content (AvgIpc) is 2.86. The highest BCUT2D eigenvalue weighted by molar-refractivity contribution is 5.84. The highest BCUT2D eigenvalue weighted by atomic mass is 16.5. The molecule has 0 spiro atoms. The number of rotatable bonds is 2. The van der Waals surface area contributed by atoms with E-state index in [1.165, 1.54) is 19.3 Å². The van der Waals surface area contributed by atoms with Crippen molar-refractivity contribution in [1.29, 1.82) is 0 Å². The van der Waals surface area contributed by atoms with Gasteiger partial charge >= 0.3 is 0 Å². The molecule has 19 heavy (non-hydrogen) atoms. The van der Waals surface area contributed by atoms with E-state index in [2.05, 4.69) is 4.90 Å². The molecule has 2 saturated carbocycles. The van der Waals surface area contributed by atoms with Gasteiger partial charge in [0.2, 0.25) is 5.91 Å². The molecule has 5 heteroatoms. The first kappa shape index (κ1) is 13.3. The maximum Gasteiger partial charge on any atom is 0.237 e. The number of primary amides is 1. The molecule has 1 heterocycles. The first-order chi connectivity index (χ1) is 9.10. The van der Waals surface area contributed by atoms with Gasteiger partial charge in [-0.05, 0) is 44.9 Å². The first-order valence-corrected chi connectivity index (χ1v) is 7.56. The molecule has 0 radical (unpaired) electrons. The Balaban J connectivity index is 1.72. The minimum Gasteiger partial charge on any atom is -0.375 e. The average molecular weight is 267 g/mol. The van der Waals surface area contributed by atoms with Crippen molar-refractivity contribution in [2.75, 3.05) is 13.2 Å². The molecule has 1 aliphatic heterocycles. The summed E-state index contributed by atoms with van der Waals surface area (Å²) in [5.41, 5.74) is 10.9. The Bertz CT molecular complexity index is 363. The third-order valence-electron chi connectivity index (χ3n) is 5.24. The van der Waals surface area contributed by atoms with E-state index in [-0.39, 0.29) is 5.91 Å². The van der Waals surface area contributed by atoms with Crippen LogP contribution in [0.3, 0.4) is 0 Å². The van der Waals surface area contributed by atoms with E-state index in [1.54, 1.807) is 0 Å². The summed E-state index contributed by atoms with van der Waals surface area (Å²) < 4.78 is 5.86. The molecule has 3 aliphatic rings. The summed E-state index contributed by atoms with van der Waals surface area (Å²) in [6, 6.07) is 0.940. The van der Waals surface area contributed by atoms with Gasteiger partial charge in [0, 0.05) is 18.6 Å². The van der Waals surface area contributed by atoms with Crippen LogP contribution in [0.1, 0.15) is 44.9 Å². The lowest BCUT2D eigenvalue weighted by Gasteiger charge is -2.47. The fourth-order valence-corrected chi connectivity index (χ4v) is 4.19. The number of hydrogen-bond donors (Lipinski definition) is 2. The number of morpholine rings is 1. The third-order valence-corrected chi connectivity index (χ3v) is 5.24. The van der Waals surface area contributed by atoms with E-state index in [0.717, 1.165) is 32.4 Å². The van der Waals surface area contributed by atoms with Crippen molar-refractivity contribution in [2.24, 2.45) is 11.5 Å². The second kappa shape index (κ2) is 5.04. The van der Waals surface area contributed by atoms with Crippen molar-refractivity contribution in [1.82, 2.24) is 4.90 Å². The summed E-state index contributed by atoms with van der Waals surface area (Å²) in [6.45, 7) is 1.78. The molecule has 0 aromatic rings. The topological polar surface area (TPSA) is 81.6 Å². The number of nitrogens with zero attached hydrogens (tertiary/aromatic N) is 1. The predicted octanol–water partition coefficient (Wildman–Crippen LogP) is 0.365. The van der Waals surface area contributed by atoms with Crippen LogP contribution in [0.4, 0.5) is 0 Å². The Morgan fingerprint density at radius 3 is 2.89 bits per heavy atom. The maximum atomic E-state index is 11.6. The van der Waals surface area contributed by atoms with Crippen LogP contribution in [0.5, 0.6) is 0 Å². The fraction of sp³-hybridized carbons (Fsp3) is 0.929. The van der Waals surface area contributed by atoms with Crippen LogP contribution in [0.2, 0.25) is 0 Å². The summed E-state index contributed by atoms with van der Waals surface area (Å²) in [7, 11) is 0. The Morgan fingerprint density at radius 1 is 1.26 bits per heavy atom. The standard InChI is InChI=1S/C14H25N3O2/c15-13(18)14(16)6-2-3-10(9-14)17-7-8-19-12-5-1-4-11(12)17/h10-12H,1-9,16H2,(H2,15,18). The molecule has 0 aromatic heterocycles. The molecular weight excluding hydrogens is 242 g/mol. The largest absolute Gasteiger partial charge is 0.375 e. The lowest BCUT2D eigenvalue weighted by atomic mass is 9.78. The number of carbonyl (C=O) groups excluding carboxylic acids is 1. The molecule has 4 atom stereocenters. The van der Waals surface area contributed by atoms with E-state index in [4.69, 9.17) is 16.2 Å². The fourth-order valence-electron chi connectivity index (χ4n) is 4.19. The molecule has 4 N–H and O–H groups in total. The van der Waals surface area contributed by atoms with Gasteiger partial charge in [-0.2, -0.15) is 0 Å². The molecule has 0 bridgehead atoms. The molecule has 4 unspecified atom stereocenters. The number of amides is 1. The van der Waals surface area contributed by atoms with E-state index in [0.29, 0.717) is 24.6 Å². The van der Waals surface area contributed by atoms with Gasteiger partial charge in [0.25, 0.3) is 0 Å². The second-order valence-corrected chi connectivity index (χ2v) is 6.42. The summed E-state index contributed by atoms with van der Waals surface area (Å²) >= 11 is 0. The molecule has 0 aromatic carbocycles. The number of ether oxygens (including phenoxy) is 1. The van der Waals surface area contributed by atoms with Crippen LogP contribution in [-0.4, -0.2) is 47.7 Å². The van der Waals surface area contributed by atoms with Gasteiger partial charge < -0.3 is 16.2 Å². The highest BCUT2D eigenvalue weighted by Gasteiger charge is 2.44. The Labute approximate surface area is 114 Å². The van der Waals surface area contributed by atoms with Crippen LogP contribution in [0, 0.1) is 0 Å². The Hall–Kier alpha value is -0.650. The van der Waals surface area contributed by atoms with Crippen molar-refractivity contribution in [3.63, 3.8) is 0 Å². The zero-order chi connectivity index (χ0) is 13.5. The summed E-state index contributed by atoms with van der Waals surface area (Å²) in [6.07, 6.45) is 7.63. The van der Waals surface area contributed by atoms with Crippen molar-refractivity contribution >= 4 is 5.91 Å². The van der Waals surface area contributed by atoms with Gasteiger partial charge in [-0.3, -0.25) is 9.69 Å². The van der Waals surface area contributed by atoms with Gasteiger partial charge in [0.05, 0.1) is 18.2 Å². The van der Waals surface area contributed by atoms with E-state index >= 15 is 0 Å². The monoisotopic (exact) mass is 267 g/mol. The lowest BCUT2D eigenvalue weighted by molar-refractivity contribution is -0.126. The van der Waals surface area contributed by atoms with Gasteiger partial charge in [-0.25, -0.2) is 0 Å². The van der Waals surface area contributed by atoms with Crippen LogP contribution >= 0.6 is 0 Å². The summed E-state index contributed by atoms with van der Waals surface area (Å²) in [5.74, 6) is -0.339. The smallest absolute Gasteiger partial charge is 0.237 e. The number of carbonyl (C=O) groups is 1. The van der Waals surface area contributed by atoms with Crippen molar-refractivity contribution < 1.29 is 9.53 Å². The number of hydrogen-bond acceptors (Lipinski definition) is 4. The normalized spacial score (nSPS) is 43.9. The van der Waals surface area contributed by atoms with E-state index in [1.807, 2.05) is 0 Å². The quantitative estimate of drug-likeness (QED) is 0.757. The van der Waals surface area contributed by atoms with Gasteiger partial charge in [-0.1, -0.05) is 0 Å². The lowest BCUT2D eigenvalue weighted by Crippen LogP contribution is -2.61. The molecule has 3 fully saturated rings. The van der Waals surface area contributed by atoms with Crippen molar-refractivity contribution in [3.05, 3.63) is 0 Å². The Morgan fingerprint density at radius 2 is 2.11 bits per heavy atom. The van der Waals surface area contributed by atoms with Crippen LogP contribution in [0.15, 0.2) is 0 Å². The molecule has 5 nitrogen and oxygen atoms in total. The van der Waals surface area contributed by atoms with Crippen molar-refractivity contribution in [2.45, 2.75) is 68.7 Å². The Kier molecular flexibility index (Phi) is 3.53. The van der Waals surface area contributed by atoms with Gasteiger partial charge in [0.15, 0.2) is 0 Å². The third kappa shape index (κ3) is 2.39. The highest BCUT2D eigenvalue weighted by Crippen LogP contribution is 2.36. The molecule has 1 amide bonds. The minimum absolute atomic E-state index is 0.339. The molecule has 108 valence electrons. The van der Waals surface area contributed by atoms with E-state index in [9.17, 15) is 4.79 Å². The van der Waals surface area contributed by atoms with Crippen LogP contribution in [0.25, 0.3) is 0 Å². The second-order valence-electron chi connectivity index (χ2n) is 6.42. The number of nitrogens with two attached hydrogens (primary N) is 2. The zero-order valence-corrected chi connectivity index (χ0v) is 11.5. The predicted molar refractivity (Wildman–Crippen MR) is 72.5 cm³/mol. The first-order valence-electron chi connectivity index (χ1n) is 7.56.